The number of aryl methyl sites for hydroxylation is 1. The number of fused-ring (bicyclic) bond motifs is 1. The van der Waals surface area contributed by atoms with Crippen LogP contribution < -0.4 is 4.72 Å². The molecule has 1 heterocycles. The van der Waals surface area contributed by atoms with Gasteiger partial charge in [0, 0.05) is 24.8 Å². The number of nitrogens with one attached hydrogen (secondary N) is 1. The van der Waals surface area contributed by atoms with E-state index in [1.165, 1.54) is 0 Å². The highest BCUT2D eigenvalue weighted by atomic mass is 32.2. The SMILES string of the molecule is Cc1c(CNS(=O)(=O)c2ccc3ccccc3c2)cnn1C. The molecule has 0 atom stereocenters. The summed E-state index contributed by atoms with van der Waals surface area (Å²) in [6.45, 7) is 2.14. The molecule has 0 aliphatic heterocycles. The number of sulfonamides is 1. The summed E-state index contributed by atoms with van der Waals surface area (Å²) in [7, 11) is -1.71. The van der Waals surface area contributed by atoms with Crippen molar-refractivity contribution in [2.75, 3.05) is 0 Å². The molecular formula is C16H17N3O2S. The van der Waals surface area contributed by atoms with Crippen molar-refractivity contribution in [2.45, 2.75) is 18.4 Å². The molecule has 1 aromatic heterocycles. The molecule has 0 fully saturated rings. The zero-order valence-electron chi connectivity index (χ0n) is 12.4. The third-order valence-electron chi connectivity index (χ3n) is 3.82. The van der Waals surface area contributed by atoms with Crippen molar-refractivity contribution < 1.29 is 8.42 Å². The highest BCUT2D eigenvalue weighted by molar-refractivity contribution is 7.89. The Labute approximate surface area is 129 Å². The van der Waals surface area contributed by atoms with Crippen molar-refractivity contribution in [3.05, 3.63) is 59.9 Å². The van der Waals surface area contributed by atoms with Crippen LogP contribution in [0.15, 0.2) is 53.6 Å². The normalized spacial score (nSPS) is 11.9. The summed E-state index contributed by atoms with van der Waals surface area (Å²) in [5.74, 6) is 0. The molecule has 6 heteroatoms. The van der Waals surface area contributed by atoms with Crippen molar-refractivity contribution in [3.8, 4) is 0 Å². The number of hydrogen-bond acceptors (Lipinski definition) is 3. The monoisotopic (exact) mass is 315 g/mol. The van der Waals surface area contributed by atoms with Crippen LogP contribution in [-0.2, 0) is 23.6 Å². The summed E-state index contributed by atoms with van der Waals surface area (Å²) in [6.07, 6.45) is 1.68. The Bertz CT molecular complexity index is 929. The van der Waals surface area contributed by atoms with E-state index in [0.29, 0.717) is 0 Å². The van der Waals surface area contributed by atoms with Gasteiger partial charge in [0.15, 0.2) is 0 Å². The molecule has 0 aliphatic rings. The summed E-state index contributed by atoms with van der Waals surface area (Å²) in [6, 6.07) is 12.8. The Morgan fingerprint density at radius 3 is 2.55 bits per heavy atom. The van der Waals surface area contributed by atoms with E-state index in [4.69, 9.17) is 0 Å². The van der Waals surface area contributed by atoms with E-state index in [1.54, 1.807) is 23.0 Å². The minimum absolute atomic E-state index is 0.231. The van der Waals surface area contributed by atoms with Crippen LogP contribution in [0.5, 0.6) is 0 Å². The van der Waals surface area contributed by atoms with E-state index in [-0.39, 0.29) is 11.4 Å². The van der Waals surface area contributed by atoms with Gasteiger partial charge in [0.2, 0.25) is 10.0 Å². The number of benzene rings is 2. The second kappa shape index (κ2) is 5.55. The fourth-order valence-corrected chi connectivity index (χ4v) is 3.35. The minimum atomic E-state index is -3.54. The van der Waals surface area contributed by atoms with Gasteiger partial charge in [-0.15, -0.1) is 0 Å². The van der Waals surface area contributed by atoms with Crippen LogP contribution in [-0.4, -0.2) is 18.2 Å². The van der Waals surface area contributed by atoms with Crippen molar-refractivity contribution in [1.82, 2.24) is 14.5 Å². The largest absolute Gasteiger partial charge is 0.273 e. The Morgan fingerprint density at radius 2 is 1.86 bits per heavy atom. The predicted octanol–water partition coefficient (Wildman–Crippen LogP) is 2.36. The molecule has 22 heavy (non-hydrogen) atoms. The molecule has 2 aromatic carbocycles. The van der Waals surface area contributed by atoms with Gasteiger partial charge < -0.3 is 0 Å². The van der Waals surface area contributed by atoms with E-state index in [2.05, 4.69) is 9.82 Å². The summed E-state index contributed by atoms with van der Waals surface area (Å²) in [4.78, 5) is 0.271. The molecular weight excluding hydrogens is 298 g/mol. The first-order valence-electron chi connectivity index (χ1n) is 6.93. The first kappa shape index (κ1) is 14.7. The molecule has 0 unspecified atom stereocenters. The second-order valence-corrected chi connectivity index (χ2v) is 6.98. The Hall–Kier alpha value is -2.18. The fourth-order valence-electron chi connectivity index (χ4n) is 2.31. The van der Waals surface area contributed by atoms with E-state index in [1.807, 2.05) is 44.3 Å². The molecule has 5 nitrogen and oxygen atoms in total. The summed E-state index contributed by atoms with van der Waals surface area (Å²) >= 11 is 0. The zero-order valence-corrected chi connectivity index (χ0v) is 13.3. The maximum atomic E-state index is 12.4. The third-order valence-corrected chi connectivity index (χ3v) is 5.22. The molecule has 114 valence electrons. The van der Waals surface area contributed by atoms with Crippen LogP contribution in [0.1, 0.15) is 11.3 Å². The van der Waals surface area contributed by atoms with Gasteiger partial charge >= 0.3 is 0 Å². The third kappa shape index (κ3) is 2.75. The molecule has 0 spiro atoms. The van der Waals surface area contributed by atoms with Crippen LogP contribution in [0.2, 0.25) is 0 Å². The van der Waals surface area contributed by atoms with Crippen LogP contribution in [0, 0.1) is 6.92 Å². The van der Waals surface area contributed by atoms with Crippen molar-refractivity contribution in [2.24, 2.45) is 7.05 Å². The van der Waals surface area contributed by atoms with Gasteiger partial charge in [-0.1, -0.05) is 30.3 Å². The van der Waals surface area contributed by atoms with Crippen LogP contribution in [0.3, 0.4) is 0 Å². The lowest BCUT2D eigenvalue weighted by molar-refractivity contribution is 0.581. The van der Waals surface area contributed by atoms with Crippen LogP contribution in [0.4, 0.5) is 0 Å². The molecule has 0 aliphatic carbocycles. The molecule has 3 rings (SSSR count). The number of nitrogens with zero attached hydrogens (tertiary/aromatic N) is 2. The van der Waals surface area contributed by atoms with Gasteiger partial charge in [0.05, 0.1) is 11.1 Å². The molecule has 3 aromatic rings. The Balaban J connectivity index is 1.86. The highest BCUT2D eigenvalue weighted by Gasteiger charge is 2.15. The molecule has 0 saturated heterocycles. The molecule has 0 bridgehead atoms. The first-order chi connectivity index (χ1) is 10.5. The summed E-state index contributed by atoms with van der Waals surface area (Å²) < 4.78 is 29.2. The van der Waals surface area contributed by atoms with Crippen LogP contribution in [0.25, 0.3) is 10.8 Å². The van der Waals surface area contributed by atoms with E-state index >= 15 is 0 Å². The van der Waals surface area contributed by atoms with Gasteiger partial charge in [-0.3, -0.25) is 4.68 Å². The quantitative estimate of drug-likeness (QED) is 0.804. The topological polar surface area (TPSA) is 64.0 Å². The predicted molar refractivity (Wildman–Crippen MR) is 85.9 cm³/mol. The van der Waals surface area contributed by atoms with E-state index in [9.17, 15) is 8.42 Å². The summed E-state index contributed by atoms with van der Waals surface area (Å²) in [5, 5.41) is 6.04. The fraction of sp³-hybridized carbons (Fsp3) is 0.188. The second-order valence-electron chi connectivity index (χ2n) is 5.21. The molecule has 1 N–H and O–H groups in total. The van der Waals surface area contributed by atoms with Gasteiger partial charge in [0.25, 0.3) is 0 Å². The smallest absolute Gasteiger partial charge is 0.240 e. The van der Waals surface area contributed by atoms with Crippen LogP contribution >= 0.6 is 0 Å². The Morgan fingerprint density at radius 1 is 1.14 bits per heavy atom. The van der Waals surface area contributed by atoms with Crippen molar-refractivity contribution in [1.29, 1.82) is 0 Å². The number of rotatable bonds is 4. The average molecular weight is 315 g/mol. The van der Waals surface area contributed by atoms with Crippen molar-refractivity contribution in [3.63, 3.8) is 0 Å². The lowest BCUT2D eigenvalue weighted by atomic mass is 10.1. The lowest BCUT2D eigenvalue weighted by Gasteiger charge is -2.08. The van der Waals surface area contributed by atoms with Gasteiger partial charge in [-0.05, 0) is 29.8 Å². The number of hydrogen-bond donors (Lipinski definition) is 1. The average Bonchev–Trinajstić information content (AvgIpc) is 2.84. The molecule has 0 amide bonds. The standard InChI is InChI=1S/C16H17N3O2S/c1-12-15(10-17-19(12)2)11-18-22(20,21)16-8-7-13-5-3-4-6-14(13)9-16/h3-10,18H,11H2,1-2H3. The zero-order chi connectivity index (χ0) is 15.7. The number of aromatic nitrogens is 2. The molecule has 0 radical (unpaired) electrons. The van der Waals surface area contributed by atoms with E-state index < -0.39 is 10.0 Å². The lowest BCUT2D eigenvalue weighted by Crippen LogP contribution is -2.23. The maximum absolute atomic E-state index is 12.4. The van der Waals surface area contributed by atoms with Gasteiger partial charge in [0.1, 0.15) is 0 Å². The van der Waals surface area contributed by atoms with Gasteiger partial charge in [-0.25, -0.2) is 13.1 Å². The summed E-state index contributed by atoms with van der Waals surface area (Å²) in [5.41, 5.74) is 1.81. The first-order valence-corrected chi connectivity index (χ1v) is 8.41. The minimum Gasteiger partial charge on any atom is -0.273 e. The highest BCUT2D eigenvalue weighted by Crippen LogP contribution is 2.19. The van der Waals surface area contributed by atoms with E-state index in [0.717, 1.165) is 22.0 Å². The maximum Gasteiger partial charge on any atom is 0.240 e. The van der Waals surface area contributed by atoms with Gasteiger partial charge in [-0.2, -0.15) is 5.10 Å². The van der Waals surface area contributed by atoms with Crippen molar-refractivity contribution >= 4 is 20.8 Å². The molecule has 0 saturated carbocycles. The Kier molecular flexibility index (Phi) is 3.72.